The Morgan fingerprint density at radius 3 is 2.89 bits per heavy atom. The van der Waals surface area contributed by atoms with Crippen LogP contribution < -0.4 is 5.32 Å². The van der Waals surface area contributed by atoms with E-state index in [1.54, 1.807) is 0 Å². The van der Waals surface area contributed by atoms with E-state index in [1.165, 1.54) is 77.9 Å². The number of fused-ring (bicyclic) bond motifs is 1. The number of nitrogens with zero attached hydrogens (tertiary/aromatic N) is 2. The minimum Gasteiger partial charge on any atom is -0.316 e. The van der Waals surface area contributed by atoms with Crippen LogP contribution in [0.3, 0.4) is 0 Å². The molecule has 3 heterocycles. The molecular formula is C15H29N3. The molecule has 104 valence electrons. The molecule has 2 unspecified atom stereocenters. The molecule has 1 N–H and O–H groups in total. The van der Waals surface area contributed by atoms with Crippen molar-refractivity contribution in [3.8, 4) is 0 Å². The smallest absolute Gasteiger partial charge is 0.0223 e. The molecule has 3 aliphatic heterocycles. The fourth-order valence-electron chi connectivity index (χ4n) is 4.25. The molecule has 3 heteroatoms. The van der Waals surface area contributed by atoms with E-state index in [9.17, 15) is 0 Å². The predicted molar refractivity (Wildman–Crippen MR) is 75.9 cm³/mol. The quantitative estimate of drug-likeness (QED) is 0.821. The highest BCUT2D eigenvalue weighted by Gasteiger charge is 2.36. The van der Waals surface area contributed by atoms with E-state index in [2.05, 4.69) is 22.0 Å². The molecule has 0 aliphatic carbocycles. The Kier molecular flexibility index (Phi) is 3.92. The van der Waals surface area contributed by atoms with Crippen LogP contribution in [0.4, 0.5) is 0 Å². The van der Waals surface area contributed by atoms with Crippen LogP contribution >= 0.6 is 0 Å². The summed E-state index contributed by atoms with van der Waals surface area (Å²) in [6.07, 6.45) is 6.97. The van der Waals surface area contributed by atoms with Crippen LogP contribution in [0, 0.1) is 5.41 Å². The molecule has 0 aromatic heterocycles. The highest BCUT2D eigenvalue weighted by Crippen LogP contribution is 2.32. The predicted octanol–water partition coefficient (Wildman–Crippen LogP) is 1.55. The zero-order valence-electron chi connectivity index (χ0n) is 12.0. The zero-order valence-corrected chi connectivity index (χ0v) is 12.0. The average molecular weight is 251 g/mol. The maximum absolute atomic E-state index is 3.58. The summed E-state index contributed by atoms with van der Waals surface area (Å²) in [7, 11) is 0. The summed E-state index contributed by atoms with van der Waals surface area (Å²) in [5.41, 5.74) is 0.577. The molecule has 0 amide bonds. The Bertz CT molecular complexity index is 273. The summed E-state index contributed by atoms with van der Waals surface area (Å²) < 4.78 is 0. The molecular weight excluding hydrogens is 222 g/mol. The molecule has 0 saturated carbocycles. The molecule has 0 radical (unpaired) electrons. The molecule has 2 atom stereocenters. The maximum atomic E-state index is 3.58. The van der Waals surface area contributed by atoms with E-state index in [4.69, 9.17) is 0 Å². The van der Waals surface area contributed by atoms with Gasteiger partial charge in [-0.2, -0.15) is 0 Å². The number of nitrogens with one attached hydrogen (secondary N) is 1. The van der Waals surface area contributed by atoms with Crippen molar-refractivity contribution < 1.29 is 0 Å². The number of hydrogen-bond acceptors (Lipinski definition) is 3. The van der Waals surface area contributed by atoms with Gasteiger partial charge in [0.25, 0.3) is 0 Å². The SMILES string of the molecule is CCC1(CN2CCCN3CCCC3C2)CCNC1. The van der Waals surface area contributed by atoms with E-state index in [-0.39, 0.29) is 0 Å². The van der Waals surface area contributed by atoms with Crippen molar-refractivity contribution in [1.82, 2.24) is 15.1 Å². The highest BCUT2D eigenvalue weighted by atomic mass is 15.3. The van der Waals surface area contributed by atoms with Crippen LogP contribution in [-0.2, 0) is 0 Å². The second-order valence-electron chi connectivity index (χ2n) is 6.70. The second-order valence-corrected chi connectivity index (χ2v) is 6.70. The van der Waals surface area contributed by atoms with Gasteiger partial charge in [0.1, 0.15) is 0 Å². The van der Waals surface area contributed by atoms with Gasteiger partial charge in [-0.3, -0.25) is 4.90 Å². The van der Waals surface area contributed by atoms with E-state index >= 15 is 0 Å². The van der Waals surface area contributed by atoms with Crippen molar-refractivity contribution in [2.45, 2.75) is 45.1 Å². The van der Waals surface area contributed by atoms with Gasteiger partial charge in [0, 0.05) is 25.7 Å². The van der Waals surface area contributed by atoms with Gasteiger partial charge in [-0.1, -0.05) is 6.92 Å². The molecule has 0 bridgehead atoms. The summed E-state index contributed by atoms with van der Waals surface area (Å²) >= 11 is 0. The maximum Gasteiger partial charge on any atom is 0.0223 e. The third kappa shape index (κ3) is 2.59. The molecule has 0 aromatic carbocycles. The van der Waals surface area contributed by atoms with Crippen molar-refractivity contribution >= 4 is 0 Å². The minimum absolute atomic E-state index is 0.577. The van der Waals surface area contributed by atoms with Crippen LogP contribution in [0.25, 0.3) is 0 Å². The molecule has 18 heavy (non-hydrogen) atoms. The lowest BCUT2D eigenvalue weighted by Crippen LogP contribution is -2.43. The minimum atomic E-state index is 0.577. The molecule has 3 aliphatic rings. The third-order valence-corrected chi connectivity index (χ3v) is 5.53. The summed E-state index contributed by atoms with van der Waals surface area (Å²) in [6.45, 7) is 11.6. The Hall–Kier alpha value is -0.120. The van der Waals surface area contributed by atoms with E-state index in [1.807, 2.05) is 0 Å². The van der Waals surface area contributed by atoms with E-state index in [0.717, 1.165) is 6.04 Å². The van der Waals surface area contributed by atoms with Gasteiger partial charge in [-0.15, -0.1) is 0 Å². The van der Waals surface area contributed by atoms with Crippen LogP contribution in [0.2, 0.25) is 0 Å². The summed E-state index contributed by atoms with van der Waals surface area (Å²) in [5, 5.41) is 3.58. The molecule has 3 rings (SSSR count). The van der Waals surface area contributed by atoms with Crippen molar-refractivity contribution in [3.05, 3.63) is 0 Å². The fraction of sp³-hybridized carbons (Fsp3) is 1.00. The first-order valence-electron chi connectivity index (χ1n) is 7.98. The van der Waals surface area contributed by atoms with Crippen molar-refractivity contribution in [2.75, 3.05) is 45.8 Å². The van der Waals surface area contributed by atoms with Crippen molar-refractivity contribution in [1.29, 1.82) is 0 Å². The molecule has 3 fully saturated rings. The van der Waals surface area contributed by atoms with Gasteiger partial charge in [0.05, 0.1) is 0 Å². The van der Waals surface area contributed by atoms with Gasteiger partial charge in [0.2, 0.25) is 0 Å². The molecule has 0 spiro atoms. The zero-order chi connectivity index (χ0) is 12.4. The largest absolute Gasteiger partial charge is 0.316 e. The van der Waals surface area contributed by atoms with Crippen LogP contribution in [0.15, 0.2) is 0 Å². The number of rotatable bonds is 3. The van der Waals surface area contributed by atoms with Gasteiger partial charge < -0.3 is 10.2 Å². The van der Waals surface area contributed by atoms with Crippen LogP contribution in [0.5, 0.6) is 0 Å². The number of hydrogen-bond donors (Lipinski definition) is 1. The summed E-state index contributed by atoms with van der Waals surface area (Å²) in [6, 6.07) is 0.871. The lowest BCUT2D eigenvalue weighted by atomic mass is 9.83. The van der Waals surface area contributed by atoms with Crippen molar-refractivity contribution in [3.63, 3.8) is 0 Å². The van der Waals surface area contributed by atoms with Gasteiger partial charge in [-0.25, -0.2) is 0 Å². The molecule has 3 saturated heterocycles. The van der Waals surface area contributed by atoms with E-state index < -0.39 is 0 Å². The lowest BCUT2D eigenvalue weighted by Gasteiger charge is -2.35. The van der Waals surface area contributed by atoms with Gasteiger partial charge >= 0.3 is 0 Å². The van der Waals surface area contributed by atoms with Gasteiger partial charge in [-0.05, 0) is 63.7 Å². The summed E-state index contributed by atoms with van der Waals surface area (Å²) in [4.78, 5) is 5.53. The van der Waals surface area contributed by atoms with Crippen molar-refractivity contribution in [2.24, 2.45) is 5.41 Å². The highest BCUT2D eigenvalue weighted by molar-refractivity contribution is 4.92. The first-order chi connectivity index (χ1) is 8.81. The Morgan fingerprint density at radius 2 is 2.11 bits per heavy atom. The van der Waals surface area contributed by atoms with Crippen LogP contribution in [0.1, 0.15) is 39.0 Å². The first kappa shape index (κ1) is 12.9. The average Bonchev–Trinajstić information content (AvgIpc) is 2.97. The van der Waals surface area contributed by atoms with Crippen LogP contribution in [-0.4, -0.2) is 61.7 Å². The van der Waals surface area contributed by atoms with Gasteiger partial charge in [0.15, 0.2) is 0 Å². The molecule has 3 nitrogen and oxygen atoms in total. The Morgan fingerprint density at radius 1 is 1.22 bits per heavy atom. The second kappa shape index (κ2) is 5.48. The summed E-state index contributed by atoms with van der Waals surface area (Å²) in [5.74, 6) is 0. The first-order valence-corrected chi connectivity index (χ1v) is 7.98. The topological polar surface area (TPSA) is 18.5 Å². The standard InChI is InChI=1S/C15H29N3/c1-2-15(6-7-16-12-15)13-17-8-4-10-18-9-3-5-14(18)11-17/h14,16H,2-13H2,1H3. The Balaban J connectivity index is 1.61. The monoisotopic (exact) mass is 251 g/mol. The lowest BCUT2D eigenvalue weighted by molar-refractivity contribution is 0.146. The normalized spacial score (nSPS) is 38.8. The third-order valence-electron chi connectivity index (χ3n) is 5.53. The fourth-order valence-corrected chi connectivity index (χ4v) is 4.25. The van der Waals surface area contributed by atoms with E-state index in [0.29, 0.717) is 5.41 Å². The Labute approximate surface area is 112 Å². The molecule has 0 aromatic rings.